The molecular formula is C7H10Cl2N2O. The van der Waals surface area contributed by atoms with Crippen LogP contribution in [0.1, 0.15) is 11.3 Å². The van der Waals surface area contributed by atoms with Gasteiger partial charge in [0.15, 0.2) is 0 Å². The molecule has 1 aromatic rings. The molecule has 0 fully saturated rings. The summed E-state index contributed by atoms with van der Waals surface area (Å²) in [6, 6.07) is 3.43. The summed E-state index contributed by atoms with van der Waals surface area (Å²) in [7, 11) is 0. The predicted molar refractivity (Wildman–Crippen MR) is 52.1 cm³/mol. The third-order valence-corrected chi connectivity index (χ3v) is 1.71. The molecule has 5 heteroatoms. The van der Waals surface area contributed by atoms with Crippen LogP contribution in [0.5, 0.6) is 0 Å². The van der Waals surface area contributed by atoms with Crippen LogP contribution in [0.25, 0.3) is 0 Å². The van der Waals surface area contributed by atoms with Crippen LogP contribution in [0.3, 0.4) is 0 Å². The molecule has 0 saturated carbocycles. The third kappa shape index (κ3) is 2.00. The van der Waals surface area contributed by atoms with E-state index in [2.05, 4.69) is 10.3 Å². The molecular weight excluding hydrogens is 199 g/mol. The van der Waals surface area contributed by atoms with Gasteiger partial charge < -0.3 is 10.3 Å². The fourth-order valence-corrected chi connectivity index (χ4v) is 1.19. The number of nitrogens with one attached hydrogen (secondary N) is 2. The first-order chi connectivity index (χ1) is 4.86. The van der Waals surface area contributed by atoms with Crippen molar-refractivity contribution in [3.63, 3.8) is 0 Å². The van der Waals surface area contributed by atoms with Gasteiger partial charge in [0.2, 0.25) is 5.56 Å². The van der Waals surface area contributed by atoms with Gasteiger partial charge in [0.25, 0.3) is 0 Å². The summed E-state index contributed by atoms with van der Waals surface area (Å²) in [5.74, 6) is 0. The molecule has 3 nitrogen and oxygen atoms in total. The minimum Gasteiger partial charge on any atom is -0.325 e. The maximum atomic E-state index is 10.7. The van der Waals surface area contributed by atoms with Crippen molar-refractivity contribution in [3.8, 4) is 0 Å². The minimum absolute atomic E-state index is 0. The number of rotatable bonds is 0. The molecule has 0 aromatic carbocycles. The van der Waals surface area contributed by atoms with Crippen molar-refractivity contribution < 1.29 is 0 Å². The Labute approximate surface area is 82.4 Å². The first kappa shape index (κ1) is 11.5. The molecule has 0 bridgehead atoms. The number of H-pyrrole nitrogens is 1. The van der Waals surface area contributed by atoms with Crippen molar-refractivity contribution in [2.45, 2.75) is 13.1 Å². The van der Waals surface area contributed by atoms with Gasteiger partial charge in [-0.3, -0.25) is 4.79 Å². The van der Waals surface area contributed by atoms with Gasteiger partial charge in [0.05, 0.1) is 0 Å². The molecule has 0 radical (unpaired) electrons. The van der Waals surface area contributed by atoms with Crippen molar-refractivity contribution >= 4 is 24.8 Å². The monoisotopic (exact) mass is 208 g/mol. The van der Waals surface area contributed by atoms with E-state index in [0.29, 0.717) is 0 Å². The molecule has 1 aliphatic rings. The lowest BCUT2D eigenvalue weighted by atomic mass is 10.2. The predicted octanol–water partition coefficient (Wildman–Crippen LogP) is 0.822. The molecule has 2 heterocycles. The first-order valence-corrected chi connectivity index (χ1v) is 3.28. The maximum Gasteiger partial charge on any atom is 0.248 e. The SMILES string of the molecule is Cl.Cl.O=c1ccc2c([nH]1)CNC2. The Morgan fingerprint density at radius 1 is 1.17 bits per heavy atom. The molecule has 68 valence electrons. The lowest BCUT2D eigenvalue weighted by Crippen LogP contribution is -2.06. The smallest absolute Gasteiger partial charge is 0.248 e. The molecule has 0 unspecified atom stereocenters. The van der Waals surface area contributed by atoms with Gasteiger partial charge in [0.1, 0.15) is 0 Å². The summed E-state index contributed by atoms with van der Waals surface area (Å²) in [6.07, 6.45) is 0. The summed E-state index contributed by atoms with van der Waals surface area (Å²) < 4.78 is 0. The Balaban J connectivity index is 0.000000605. The number of aromatic amines is 1. The average Bonchev–Trinajstić information content (AvgIpc) is 2.33. The Hall–Kier alpha value is -0.510. The quantitative estimate of drug-likeness (QED) is 0.664. The highest BCUT2D eigenvalue weighted by molar-refractivity contribution is 5.85. The van der Waals surface area contributed by atoms with Crippen molar-refractivity contribution in [3.05, 3.63) is 33.7 Å². The molecule has 0 amide bonds. The largest absolute Gasteiger partial charge is 0.325 e. The fourth-order valence-electron chi connectivity index (χ4n) is 1.19. The highest BCUT2D eigenvalue weighted by Gasteiger charge is 2.08. The van der Waals surface area contributed by atoms with Crippen molar-refractivity contribution in [1.29, 1.82) is 0 Å². The number of pyridine rings is 1. The van der Waals surface area contributed by atoms with Crippen LogP contribution >= 0.6 is 24.8 Å². The Morgan fingerprint density at radius 2 is 1.92 bits per heavy atom. The van der Waals surface area contributed by atoms with Gasteiger partial charge >= 0.3 is 0 Å². The molecule has 1 aromatic heterocycles. The molecule has 12 heavy (non-hydrogen) atoms. The zero-order valence-corrected chi connectivity index (χ0v) is 7.93. The second-order valence-corrected chi connectivity index (χ2v) is 2.43. The van der Waals surface area contributed by atoms with Crippen LogP contribution in [0.2, 0.25) is 0 Å². The van der Waals surface area contributed by atoms with Gasteiger partial charge in [-0.1, -0.05) is 6.07 Å². The van der Waals surface area contributed by atoms with Gasteiger partial charge in [-0.15, -0.1) is 24.8 Å². The normalized spacial score (nSPS) is 12.7. The van der Waals surface area contributed by atoms with E-state index in [0.717, 1.165) is 18.8 Å². The maximum absolute atomic E-state index is 10.7. The third-order valence-electron chi connectivity index (χ3n) is 1.71. The zero-order chi connectivity index (χ0) is 6.97. The molecule has 1 aliphatic heterocycles. The van der Waals surface area contributed by atoms with Gasteiger partial charge in [0, 0.05) is 24.8 Å². The second-order valence-electron chi connectivity index (χ2n) is 2.43. The van der Waals surface area contributed by atoms with Gasteiger partial charge in [-0.2, -0.15) is 0 Å². The number of aromatic nitrogens is 1. The van der Waals surface area contributed by atoms with Crippen LogP contribution in [-0.4, -0.2) is 4.98 Å². The van der Waals surface area contributed by atoms with E-state index < -0.39 is 0 Å². The topological polar surface area (TPSA) is 44.9 Å². The van der Waals surface area contributed by atoms with Crippen molar-refractivity contribution in [2.75, 3.05) is 0 Å². The standard InChI is InChI=1S/C7H8N2O.2ClH/c10-7-2-1-5-3-8-4-6(5)9-7;;/h1-2,8H,3-4H2,(H,9,10);2*1H. The van der Waals surface area contributed by atoms with Crippen LogP contribution in [0.15, 0.2) is 16.9 Å². The van der Waals surface area contributed by atoms with Gasteiger partial charge in [-0.25, -0.2) is 0 Å². The first-order valence-electron chi connectivity index (χ1n) is 3.28. The lowest BCUT2D eigenvalue weighted by Gasteiger charge is -1.92. The van der Waals surface area contributed by atoms with E-state index in [1.54, 1.807) is 6.07 Å². The number of hydrogen-bond donors (Lipinski definition) is 2. The summed E-state index contributed by atoms with van der Waals surface area (Å²) in [4.78, 5) is 13.5. The van der Waals surface area contributed by atoms with Crippen LogP contribution in [0, 0.1) is 0 Å². The number of hydrogen-bond acceptors (Lipinski definition) is 2. The molecule has 2 N–H and O–H groups in total. The number of halogens is 2. The highest BCUT2D eigenvalue weighted by atomic mass is 35.5. The van der Waals surface area contributed by atoms with E-state index in [1.807, 2.05) is 6.07 Å². The highest BCUT2D eigenvalue weighted by Crippen LogP contribution is 2.08. The van der Waals surface area contributed by atoms with E-state index in [1.165, 1.54) is 5.56 Å². The van der Waals surface area contributed by atoms with E-state index >= 15 is 0 Å². The van der Waals surface area contributed by atoms with E-state index in [4.69, 9.17) is 0 Å². The summed E-state index contributed by atoms with van der Waals surface area (Å²) in [5, 5.41) is 3.14. The fraction of sp³-hybridized carbons (Fsp3) is 0.286. The lowest BCUT2D eigenvalue weighted by molar-refractivity contribution is 0.757. The molecule has 0 saturated heterocycles. The van der Waals surface area contributed by atoms with E-state index in [-0.39, 0.29) is 30.4 Å². The van der Waals surface area contributed by atoms with Crippen molar-refractivity contribution in [2.24, 2.45) is 0 Å². The zero-order valence-electron chi connectivity index (χ0n) is 6.29. The molecule has 0 atom stereocenters. The van der Waals surface area contributed by atoms with Crippen LogP contribution < -0.4 is 10.9 Å². The van der Waals surface area contributed by atoms with Crippen LogP contribution in [-0.2, 0) is 13.1 Å². The Bertz CT molecular complexity index is 311. The van der Waals surface area contributed by atoms with Gasteiger partial charge in [-0.05, 0) is 5.56 Å². The summed E-state index contributed by atoms with van der Waals surface area (Å²) in [5.41, 5.74) is 2.23. The van der Waals surface area contributed by atoms with E-state index in [9.17, 15) is 4.79 Å². The van der Waals surface area contributed by atoms with Crippen molar-refractivity contribution in [1.82, 2.24) is 10.3 Å². The number of fused-ring (bicyclic) bond motifs is 1. The molecule has 0 spiro atoms. The summed E-state index contributed by atoms with van der Waals surface area (Å²) >= 11 is 0. The summed E-state index contributed by atoms with van der Waals surface area (Å²) in [6.45, 7) is 1.68. The Kier molecular flexibility index (Phi) is 4.31. The average molecular weight is 209 g/mol. The molecule has 0 aliphatic carbocycles. The van der Waals surface area contributed by atoms with Crippen LogP contribution in [0.4, 0.5) is 0 Å². The Morgan fingerprint density at radius 3 is 2.67 bits per heavy atom. The second kappa shape index (κ2) is 4.50. The molecule has 2 rings (SSSR count). The minimum atomic E-state index is -0.0116.